The summed E-state index contributed by atoms with van der Waals surface area (Å²) in [6.45, 7) is 2.39. The minimum Gasteiger partial charge on any atom is -0.321 e. The highest BCUT2D eigenvalue weighted by Crippen LogP contribution is 2.13. The minimum absolute atomic E-state index is 0.147. The Morgan fingerprint density at radius 2 is 2.11 bits per heavy atom. The molecule has 18 heavy (non-hydrogen) atoms. The first-order valence-corrected chi connectivity index (χ1v) is 5.55. The summed E-state index contributed by atoms with van der Waals surface area (Å²) in [6.07, 6.45) is 2.87. The molecule has 6 nitrogen and oxygen atoms in total. The van der Waals surface area contributed by atoms with Crippen molar-refractivity contribution in [3.05, 3.63) is 17.7 Å². The second-order valence-electron chi connectivity index (χ2n) is 4.16. The predicted octanol–water partition coefficient (Wildman–Crippen LogP) is 0.908. The average molecular weight is 242 g/mol. The fourth-order valence-corrected chi connectivity index (χ4v) is 1.59. The Balaban J connectivity index is 2.67. The third-order valence-corrected chi connectivity index (χ3v) is 2.92. The van der Waals surface area contributed by atoms with Crippen LogP contribution in [0.2, 0.25) is 0 Å². The summed E-state index contributed by atoms with van der Waals surface area (Å²) in [4.78, 5) is 3.86. The van der Waals surface area contributed by atoms with Crippen LogP contribution in [-0.2, 0) is 6.54 Å². The molecule has 0 aliphatic carbocycles. The highest BCUT2D eigenvalue weighted by molar-refractivity contribution is 5.35. The van der Waals surface area contributed by atoms with Crippen LogP contribution in [0.3, 0.4) is 0 Å². The molecule has 6 heteroatoms. The van der Waals surface area contributed by atoms with Crippen molar-refractivity contribution in [3.8, 4) is 18.2 Å². The lowest BCUT2D eigenvalue weighted by Gasteiger charge is -2.20. The van der Waals surface area contributed by atoms with Crippen molar-refractivity contribution in [2.24, 2.45) is 0 Å². The second-order valence-corrected chi connectivity index (χ2v) is 4.16. The standard InChI is InChI=1S/C12H14N6/c1-12(8-15,16-2)4-3-5-18-9-17-10(6-13)11(18)7-14/h9,16H,3-5H2,1-2H3. The van der Waals surface area contributed by atoms with E-state index in [0.717, 1.165) is 6.42 Å². The van der Waals surface area contributed by atoms with Crippen molar-refractivity contribution in [3.63, 3.8) is 0 Å². The van der Waals surface area contributed by atoms with Crippen LogP contribution in [0.25, 0.3) is 0 Å². The number of nitriles is 3. The molecule has 1 N–H and O–H groups in total. The minimum atomic E-state index is -0.564. The Labute approximate surface area is 106 Å². The zero-order valence-corrected chi connectivity index (χ0v) is 10.4. The molecule has 0 spiro atoms. The van der Waals surface area contributed by atoms with Gasteiger partial charge in [-0.25, -0.2) is 4.98 Å². The molecule has 1 aromatic heterocycles. The van der Waals surface area contributed by atoms with E-state index in [9.17, 15) is 0 Å². The van der Waals surface area contributed by atoms with Gasteiger partial charge in [-0.05, 0) is 26.8 Å². The van der Waals surface area contributed by atoms with Crippen molar-refractivity contribution < 1.29 is 0 Å². The molecule has 1 rings (SSSR count). The molecule has 0 aliphatic rings. The quantitative estimate of drug-likeness (QED) is 0.826. The second kappa shape index (κ2) is 5.82. The van der Waals surface area contributed by atoms with Crippen molar-refractivity contribution >= 4 is 0 Å². The molecule has 1 unspecified atom stereocenters. The smallest absolute Gasteiger partial charge is 0.176 e. The van der Waals surface area contributed by atoms with Gasteiger partial charge in [-0.3, -0.25) is 0 Å². The largest absolute Gasteiger partial charge is 0.321 e. The first-order chi connectivity index (χ1) is 8.60. The summed E-state index contributed by atoms with van der Waals surface area (Å²) < 4.78 is 1.64. The molecular weight excluding hydrogens is 228 g/mol. The molecule has 1 atom stereocenters. The van der Waals surface area contributed by atoms with Crippen molar-refractivity contribution in [1.82, 2.24) is 14.9 Å². The van der Waals surface area contributed by atoms with Gasteiger partial charge in [-0.15, -0.1) is 0 Å². The maximum absolute atomic E-state index is 9.00. The third-order valence-electron chi connectivity index (χ3n) is 2.92. The predicted molar refractivity (Wildman–Crippen MR) is 64.0 cm³/mol. The number of aryl methyl sites for hydroxylation is 1. The number of nitrogens with zero attached hydrogens (tertiary/aromatic N) is 5. The molecular formula is C12H14N6. The number of nitrogens with one attached hydrogen (secondary N) is 1. The third kappa shape index (κ3) is 2.85. The molecule has 92 valence electrons. The van der Waals surface area contributed by atoms with Gasteiger partial charge in [0, 0.05) is 6.54 Å². The maximum Gasteiger partial charge on any atom is 0.176 e. The zero-order valence-electron chi connectivity index (χ0n) is 10.4. The van der Waals surface area contributed by atoms with E-state index in [1.165, 1.54) is 6.33 Å². The van der Waals surface area contributed by atoms with Gasteiger partial charge in [0.1, 0.15) is 17.7 Å². The molecule has 0 saturated heterocycles. The Hall–Kier alpha value is -2.36. The molecule has 1 aromatic rings. The monoisotopic (exact) mass is 242 g/mol. The fourth-order valence-electron chi connectivity index (χ4n) is 1.59. The number of hydrogen-bond acceptors (Lipinski definition) is 5. The Kier molecular flexibility index (Phi) is 4.43. The molecule has 0 fully saturated rings. The van der Waals surface area contributed by atoms with Crippen LogP contribution in [-0.4, -0.2) is 22.1 Å². The molecule has 0 bridgehead atoms. The van der Waals surface area contributed by atoms with Gasteiger partial charge < -0.3 is 9.88 Å². The van der Waals surface area contributed by atoms with E-state index < -0.39 is 5.54 Å². The van der Waals surface area contributed by atoms with Gasteiger partial charge in [0.25, 0.3) is 0 Å². The van der Waals surface area contributed by atoms with Gasteiger partial charge in [-0.2, -0.15) is 15.8 Å². The lowest BCUT2D eigenvalue weighted by Crippen LogP contribution is -2.38. The van der Waals surface area contributed by atoms with E-state index in [1.807, 2.05) is 19.1 Å². The van der Waals surface area contributed by atoms with E-state index in [0.29, 0.717) is 13.0 Å². The topological polar surface area (TPSA) is 101 Å². The van der Waals surface area contributed by atoms with Crippen LogP contribution in [0.1, 0.15) is 31.2 Å². The fraction of sp³-hybridized carbons (Fsp3) is 0.500. The molecule has 1 heterocycles. The van der Waals surface area contributed by atoms with Crippen LogP contribution < -0.4 is 5.32 Å². The van der Waals surface area contributed by atoms with Gasteiger partial charge in [0.2, 0.25) is 0 Å². The van der Waals surface area contributed by atoms with Crippen LogP contribution >= 0.6 is 0 Å². The Morgan fingerprint density at radius 1 is 1.39 bits per heavy atom. The number of imidazole rings is 1. The maximum atomic E-state index is 9.00. The van der Waals surface area contributed by atoms with Crippen molar-refractivity contribution in [2.75, 3.05) is 7.05 Å². The van der Waals surface area contributed by atoms with Gasteiger partial charge in [0.15, 0.2) is 11.4 Å². The molecule has 0 aromatic carbocycles. The highest BCUT2D eigenvalue weighted by atomic mass is 15.1. The lowest BCUT2D eigenvalue weighted by molar-refractivity contribution is 0.423. The first kappa shape index (κ1) is 13.7. The molecule has 0 amide bonds. The first-order valence-electron chi connectivity index (χ1n) is 5.55. The van der Waals surface area contributed by atoms with Crippen molar-refractivity contribution in [1.29, 1.82) is 15.8 Å². The number of hydrogen-bond donors (Lipinski definition) is 1. The Bertz CT molecular complexity index is 538. The summed E-state index contributed by atoms with van der Waals surface area (Å²) in [5.74, 6) is 0. The van der Waals surface area contributed by atoms with Gasteiger partial charge in [-0.1, -0.05) is 0 Å². The molecule has 0 radical (unpaired) electrons. The zero-order chi connectivity index (χ0) is 13.6. The van der Waals surface area contributed by atoms with Crippen LogP contribution in [0.5, 0.6) is 0 Å². The van der Waals surface area contributed by atoms with Gasteiger partial charge in [0.05, 0.1) is 12.4 Å². The van der Waals surface area contributed by atoms with E-state index >= 15 is 0 Å². The number of rotatable bonds is 5. The van der Waals surface area contributed by atoms with Gasteiger partial charge >= 0.3 is 0 Å². The average Bonchev–Trinajstić information content (AvgIpc) is 2.80. The highest BCUT2D eigenvalue weighted by Gasteiger charge is 2.20. The van der Waals surface area contributed by atoms with E-state index in [1.54, 1.807) is 11.6 Å². The van der Waals surface area contributed by atoms with E-state index in [-0.39, 0.29) is 11.4 Å². The summed E-state index contributed by atoms with van der Waals surface area (Å²) in [5.41, 5.74) is -0.138. The molecule has 0 aliphatic heterocycles. The summed E-state index contributed by atoms with van der Waals surface area (Å²) in [7, 11) is 1.74. The van der Waals surface area contributed by atoms with Crippen LogP contribution in [0.15, 0.2) is 6.33 Å². The normalized spacial score (nSPS) is 13.1. The summed E-state index contributed by atoms with van der Waals surface area (Å²) in [5, 5.41) is 29.7. The SMILES string of the molecule is CNC(C)(C#N)CCCn1cnc(C#N)c1C#N. The van der Waals surface area contributed by atoms with Crippen LogP contribution in [0, 0.1) is 34.0 Å². The van der Waals surface area contributed by atoms with Crippen molar-refractivity contribution in [2.45, 2.75) is 31.8 Å². The van der Waals surface area contributed by atoms with E-state index in [2.05, 4.69) is 16.4 Å². The Morgan fingerprint density at radius 3 is 2.61 bits per heavy atom. The number of aromatic nitrogens is 2. The molecule has 0 saturated carbocycles. The summed E-state index contributed by atoms with van der Waals surface area (Å²) in [6, 6.07) is 6.05. The van der Waals surface area contributed by atoms with E-state index in [4.69, 9.17) is 15.8 Å². The van der Waals surface area contributed by atoms with Crippen LogP contribution in [0.4, 0.5) is 0 Å². The summed E-state index contributed by atoms with van der Waals surface area (Å²) >= 11 is 0. The lowest BCUT2D eigenvalue weighted by atomic mass is 9.98.